The second-order valence-corrected chi connectivity index (χ2v) is 5.82. The fraction of sp³-hybridized carbons (Fsp3) is 0.368. The molecule has 0 aliphatic heterocycles. The molecule has 23 heavy (non-hydrogen) atoms. The van der Waals surface area contributed by atoms with Gasteiger partial charge in [0.05, 0.1) is 13.2 Å². The van der Waals surface area contributed by atoms with E-state index in [4.69, 9.17) is 4.74 Å². The quantitative estimate of drug-likeness (QED) is 0.701. The lowest BCUT2D eigenvalue weighted by Crippen LogP contribution is -2.23. The number of phenols is 1. The van der Waals surface area contributed by atoms with Crippen molar-refractivity contribution in [2.75, 3.05) is 13.7 Å². The lowest BCUT2D eigenvalue weighted by molar-refractivity contribution is 0.173. The van der Waals surface area contributed by atoms with E-state index in [2.05, 4.69) is 17.4 Å². The Morgan fingerprint density at radius 1 is 1.13 bits per heavy atom. The van der Waals surface area contributed by atoms with E-state index in [0.717, 1.165) is 17.9 Å². The number of phenolic OH excluding ortho intramolecular Hbond substituents is 1. The average molecular weight is 315 g/mol. The van der Waals surface area contributed by atoms with Gasteiger partial charge in [0.1, 0.15) is 11.5 Å². The van der Waals surface area contributed by atoms with Crippen molar-refractivity contribution in [1.82, 2.24) is 5.32 Å². The van der Waals surface area contributed by atoms with Crippen molar-refractivity contribution in [3.63, 3.8) is 0 Å². The topological polar surface area (TPSA) is 61.7 Å². The molecule has 0 saturated carbocycles. The van der Waals surface area contributed by atoms with E-state index >= 15 is 0 Å². The van der Waals surface area contributed by atoms with Crippen LogP contribution in [0.3, 0.4) is 0 Å². The van der Waals surface area contributed by atoms with E-state index in [1.54, 1.807) is 19.2 Å². The Bertz CT molecular complexity index is 599. The SMILES string of the molecule is COc1ccc(O)c(CNCC(CC(C)O)c2ccccc2)c1. The summed E-state index contributed by atoms with van der Waals surface area (Å²) in [6.07, 6.45) is 0.341. The Kier molecular flexibility index (Phi) is 6.44. The fourth-order valence-electron chi connectivity index (χ4n) is 2.69. The minimum absolute atomic E-state index is 0.226. The predicted molar refractivity (Wildman–Crippen MR) is 91.8 cm³/mol. The lowest BCUT2D eigenvalue weighted by atomic mass is 9.93. The molecule has 0 spiro atoms. The highest BCUT2D eigenvalue weighted by atomic mass is 16.5. The first-order valence-electron chi connectivity index (χ1n) is 7.89. The molecule has 0 amide bonds. The minimum Gasteiger partial charge on any atom is -0.508 e. The second-order valence-electron chi connectivity index (χ2n) is 5.82. The molecule has 0 saturated heterocycles. The van der Waals surface area contributed by atoms with Gasteiger partial charge in [-0.3, -0.25) is 0 Å². The van der Waals surface area contributed by atoms with Gasteiger partial charge in [0.25, 0.3) is 0 Å². The van der Waals surface area contributed by atoms with Crippen LogP contribution in [-0.2, 0) is 6.54 Å². The number of aliphatic hydroxyl groups is 1. The number of nitrogens with one attached hydrogen (secondary N) is 1. The van der Waals surface area contributed by atoms with Crippen LogP contribution in [0.4, 0.5) is 0 Å². The molecule has 4 nitrogen and oxygen atoms in total. The second kappa shape index (κ2) is 8.56. The third-order valence-electron chi connectivity index (χ3n) is 3.89. The van der Waals surface area contributed by atoms with Crippen LogP contribution in [0.5, 0.6) is 11.5 Å². The van der Waals surface area contributed by atoms with E-state index in [9.17, 15) is 10.2 Å². The Hall–Kier alpha value is -2.04. The number of aromatic hydroxyl groups is 1. The van der Waals surface area contributed by atoms with Gasteiger partial charge < -0.3 is 20.3 Å². The molecule has 2 atom stereocenters. The molecular weight excluding hydrogens is 290 g/mol. The Labute approximate surface area is 137 Å². The number of ether oxygens (including phenoxy) is 1. The zero-order valence-corrected chi connectivity index (χ0v) is 13.7. The van der Waals surface area contributed by atoms with Gasteiger partial charge in [-0.2, -0.15) is 0 Å². The summed E-state index contributed by atoms with van der Waals surface area (Å²) in [6.45, 7) is 3.08. The summed E-state index contributed by atoms with van der Waals surface area (Å²) in [4.78, 5) is 0. The smallest absolute Gasteiger partial charge is 0.120 e. The standard InChI is InChI=1S/C19H25NO3/c1-14(21)10-16(15-6-4-3-5-7-15)12-20-13-17-11-18(23-2)8-9-19(17)22/h3-9,11,14,16,20-22H,10,12-13H2,1-2H3. The maximum atomic E-state index is 9.92. The van der Waals surface area contributed by atoms with E-state index in [1.807, 2.05) is 31.2 Å². The highest BCUT2D eigenvalue weighted by molar-refractivity contribution is 5.39. The molecule has 0 radical (unpaired) electrons. The average Bonchev–Trinajstić information content (AvgIpc) is 2.56. The highest BCUT2D eigenvalue weighted by Crippen LogP contribution is 2.24. The summed E-state index contributed by atoms with van der Waals surface area (Å²) in [6, 6.07) is 15.4. The monoisotopic (exact) mass is 315 g/mol. The third kappa shape index (κ3) is 5.27. The maximum Gasteiger partial charge on any atom is 0.120 e. The van der Waals surface area contributed by atoms with Crippen LogP contribution < -0.4 is 10.1 Å². The number of methoxy groups -OCH3 is 1. The highest BCUT2D eigenvalue weighted by Gasteiger charge is 2.14. The molecule has 3 N–H and O–H groups in total. The molecule has 4 heteroatoms. The van der Waals surface area contributed by atoms with Crippen LogP contribution in [0.2, 0.25) is 0 Å². The molecule has 0 fully saturated rings. The van der Waals surface area contributed by atoms with Gasteiger partial charge in [-0.25, -0.2) is 0 Å². The normalized spacial score (nSPS) is 13.5. The zero-order valence-electron chi connectivity index (χ0n) is 13.7. The van der Waals surface area contributed by atoms with Gasteiger partial charge in [0.15, 0.2) is 0 Å². The van der Waals surface area contributed by atoms with Crippen LogP contribution in [0, 0.1) is 0 Å². The van der Waals surface area contributed by atoms with Crippen LogP contribution in [0.25, 0.3) is 0 Å². The van der Waals surface area contributed by atoms with Gasteiger partial charge in [-0.05, 0) is 43.0 Å². The molecular formula is C19H25NO3. The maximum absolute atomic E-state index is 9.92. The van der Waals surface area contributed by atoms with Crippen LogP contribution >= 0.6 is 0 Å². The summed E-state index contributed by atoms with van der Waals surface area (Å²) in [5.74, 6) is 1.21. The van der Waals surface area contributed by atoms with Crippen molar-refractivity contribution in [1.29, 1.82) is 0 Å². The lowest BCUT2D eigenvalue weighted by Gasteiger charge is -2.20. The van der Waals surface area contributed by atoms with Crippen molar-refractivity contribution >= 4 is 0 Å². The number of aliphatic hydroxyl groups excluding tert-OH is 1. The molecule has 2 rings (SSSR count). The first-order chi connectivity index (χ1) is 11.1. The van der Waals surface area contributed by atoms with Gasteiger partial charge in [-0.1, -0.05) is 30.3 Å². The van der Waals surface area contributed by atoms with Crippen molar-refractivity contribution in [3.8, 4) is 11.5 Å². The molecule has 0 heterocycles. The van der Waals surface area contributed by atoms with Crippen LogP contribution in [-0.4, -0.2) is 30.0 Å². The summed E-state index contributed by atoms with van der Waals surface area (Å²) in [5, 5.41) is 23.0. The van der Waals surface area contributed by atoms with Crippen LogP contribution in [0.1, 0.15) is 30.4 Å². The molecule has 2 aromatic carbocycles. The van der Waals surface area contributed by atoms with Gasteiger partial charge in [-0.15, -0.1) is 0 Å². The van der Waals surface area contributed by atoms with E-state index in [1.165, 1.54) is 5.56 Å². The van der Waals surface area contributed by atoms with Gasteiger partial charge >= 0.3 is 0 Å². The van der Waals surface area contributed by atoms with Crippen molar-refractivity contribution < 1.29 is 14.9 Å². The number of hydrogen-bond acceptors (Lipinski definition) is 4. The Morgan fingerprint density at radius 2 is 1.87 bits per heavy atom. The Morgan fingerprint density at radius 3 is 2.52 bits per heavy atom. The predicted octanol–water partition coefficient (Wildman–Crippen LogP) is 3.05. The molecule has 124 valence electrons. The summed E-state index contributed by atoms with van der Waals surface area (Å²) < 4.78 is 5.19. The summed E-state index contributed by atoms with van der Waals surface area (Å²) in [5.41, 5.74) is 2.00. The number of hydrogen-bond donors (Lipinski definition) is 3. The molecule has 0 bridgehead atoms. The summed E-state index contributed by atoms with van der Waals surface area (Å²) in [7, 11) is 1.61. The van der Waals surface area contributed by atoms with Crippen molar-refractivity contribution in [3.05, 3.63) is 59.7 Å². The van der Waals surface area contributed by atoms with E-state index in [0.29, 0.717) is 13.0 Å². The number of benzene rings is 2. The number of rotatable bonds is 8. The van der Waals surface area contributed by atoms with Crippen molar-refractivity contribution in [2.24, 2.45) is 0 Å². The summed E-state index contributed by atoms with van der Waals surface area (Å²) >= 11 is 0. The molecule has 2 aromatic rings. The van der Waals surface area contributed by atoms with Gasteiger partial charge in [0.2, 0.25) is 0 Å². The minimum atomic E-state index is -0.354. The van der Waals surface area contributed by atoms with Gasteiger partial charge in [0, 0.05) is 18.7 Å². The molecule has 2 unspecified atom stereocenters. The first kappa shape index (κ1) is 17.3. The molecule has 0 aromatic heterocycles. The van der Waals surface area contributed by atoms with E-state index < -0.39 is 0 Å². The Balaban J connectivity index is 1.99. The van der Waals surface area contributed by atoms with Crippen molar-refractivity contribution in [2.45, 2.75) is 31.9 Å². The first-order valence-corrected chi connectivity index (χ1v) is 7.89. The molecule has 0 aliphatic rings. The van der Waals surface area contributed by atoms with Crippen LogP contribution in [0.15, 0.2) is 48.5 Å². The largest absolute Gasteiger partial charge is 0.508 e. The third-order valence-corrected chi connectivity index (χ3v) is 3.89. The molecule has 0 aliphatic carbocycles. The zero-order chi connectivity index (χ0) is 16.7. The van der Waals surface area contributed by atoms with E-state index in [-0.39, 0.29) is 17.8 Å². The fourth-order valence-corrected chi connectivity index (χ4v) is 2.69.